The maximum atomic E-state index is 13.7. The molecule has 2 N–H and O–H groups in total. The zero-order chi connectivity index (χ0) is 17.7. The molecule has 0 saturated heterocycles. The molecule has 0 spiro atoms. The number of carbonyl (C=O) groups excluding carboxylic acids is 2. The van der Waals surface area contributed by atoms with Crippen LogP contribution in [0.1, 0.15) is 46.0 Å². The second-order valence-corrected chi connectivity index (χ2v) is 6.56. The third-order valence-corrected chi connectivity index (χ3v) is 4.79. The van der Waals surface area contributed by atoms with E-state index in [4.69, 9.17) is 0 Å². The van der Waals surface area contributed by atoms with Gasteiger partial charge in [0, 0.05) is 25.7 Å². The molecule has 132 valence electrons. The second-order valence-electron chi connectivity index (χ2n) is 6.56. The zero-order valence-corrected chi connectivity index (χ0v) is 14.6. The molecule has 0 unspecified atom stereocenters. The molecule has 1 aromatic carbocycles. The summed E-state index contributed by atoms with van der Waals surface area (Å²) in [6.07, 6.45) is 6.04. The number of hydrogen-bond donors (Lipinski definition) is 2. The predicted molar refractivity (Wildman–Crippen MR) is 93.5 cm³/mol. The minimum Gasteiger partial charge on any atom is -0.325 e. The lowest BCUT2D eigenvalue weighted by Crippen LogP contribution is -2.42. The highest BCUT2D eigenvalue weighted by molar-refractivity contribution is 5.92. The second kappa shape index (κ2) is 8.13. The van der Waals surface area contributed by atoms with E-state index in [0.717, 1.165) is 12.8 Å². The Kier molecular flexibility index (Phi) is 6.17. The molecule has 0 aromatic heterocycles. The third kappa shape index (κ3) is 4.69. The van der Waals surface area contributed by atoms with Gasteiger partial charge in [-0.15, -0.1) is 0 Å². The van der Waals surface area contributed by atoms with Gasteiger partial charge in [0.25, 0.3) is 0 Å². The van der Waals surface area contributed by atoms with Crippen molar-refractivity contribution in [3.05, 3.63) is 24.0 Å². The van der Waals surface area contributed by atoms with E-state index in [1.165, 1.54) is 44.4 Å². The molecule has 1 aliphatic carbocycles. The number of benzene rings is 1. The standard InChI is InChI=1S/C18H26FN3O2/c1-12(14-7-5-4-6-8-14)22(3)18(24)21-15-9-10-16(19)17(11-15)20-13(2)23/h9-12,14H,4-8H2,1-3H3,(H,20,23)(H,21,24)/t12-/m0/s1. The van der Waals surface area contributed by atoms with Crippen molar-refractivity contribution in [2.45, 2.75) is 52.0 Å². The topological polar surface area (TPSA) is 61.4 Å². The molecule has 1 aliphatic rings. The number of anilines is 2. The molecule has 6 heteroatoms. The van der Waals surface area contributed by atoms with E-state index in [1.54, 1.807) is 11.9 Å². The van der Waals surface area contributed by atoms with Crippen LogP contribution in [0.2, 0.25) is 0 Å². The zero-order valence-electron chi connectivity index (χ0n) is 14.6. The third-order valence-electron chi connectivity index (χ3n) is 4.79. The van der Waals surface area contributed by atoms with Crippen LogP contribution in [-0.2, 0) is 4.79 Å². The van der Waals surface area contributed by atoms with Gasteiger partial charge >= 0.3 is 6.03 Å². The Morgan fingerprint density at radius 2 is 1.88 bits per heavy atom. The van der Waals surface area contributed by atoms with Gasteiger partial charge in [-0.3, -0.25) is 4.79 Å². The van der Waals surface area contributed by atoms with Gasteiger partial charge in [0.1, 0.15) is 5.82 Å². The van der Waals surface area contributed by atoms with Gasteiger partial charge in [-0.2, -0.15) is 0 Å². The van der Waals surface area contributed by atoms with Crippen molar-refractivity contribution in [2.24, 2.45) is 5.92 Å². The van der Waals surface area contributed by atoms with Gasteiger partial charge in [-0.1, -0.05) is 19.3 Å². The Labute approximate surface area is 142 Å². The van der Waals surface area contributed by atoms with E-state index >= 15 is 0 Å². The summed E-state index contributed by atoms with van der Waals surface area (Å²) in [4.78, 5) is 25.3. The van der Waals surface area contributed by atoms with Crippen molar-refractivity contribution < 1.29 is 14.0 Å². The lowest BCUT2D eigenvalue weighted by atomic mass is 9.84. The van der Waals surface area contributed by atoms with E-state index in [2.05, 4.69) is 17.6 Å². The summed E-state index contributed by atoms with van der Waals surface area (Å²) in [5.41, 5.74) is 0.510. The first-order chi connectivity index (χ1) is 11.4. The molecule has 0 bridgehead atoms. The number of halogens is 1. The summed E-state index contributed by atoms with van der Waals surface area (Å²) in [7, 11) is 1.78. The van der Waals surface area contributed by atoms with Crippen molar-refractivity contribution in [1.29, 1.82) is 0 Å². The fraction of sp³-hybridized carbons (Fsp3) is 0.556. The first-order valence-corrected chi connectivity index (χ1v) is 8.49. The average molecular weight is 335 g/mol. The van der Waals surface area contributed by atoms with Crippen LogP contribution in [0.15, 0.2) is 18.2 Å². The van der Waals surface area contributed by atoms with E-state index < -0.39 is 5.82 Å². The smallest absolute Gasteiger partial charge is 0.321 e. The number of nitrogens with zero attached hydrogens (tertiary/aromatic N) is 1. The van der Waals surface area contributed by atoms with Crippen LogP contribution in [-0.4, -0.2) is 29.9 Å². The SMILES string of the molecule is CC(=O)Nc1cc(NC(=O)N(C)[C@@H](C)C2CCCCC2)ccc1F. The molecule has 0 aliphatic heterocycles. The molecule has 24 heavy (non-hydrogen) atoms. The number of carbonyl (C=O) groups is 2. The summed E-state index contributed by atoms with van der Waals surface area (Å²) in [5.74, 6) is -0.370. The first-order valence-electron chi connectivity index (χ1n) is 8.49. The van der Waals surface area contributed by atoms with Crippen LogP contribution in [0.3, 0.4) is 0 Å². The summed E-state index contributed by atoms with van der Waals surface area (Å²) >= 11 is 0. The lowest BCUT2D eigenvalue weighted by molar-refractivity contribution is -0.114. The highest BCUT2D eigenvalue weighted by Crippen LogP contribution is 2.29. The fourth-order valence-corrected chi connectivity index (χ4v) is 3.22. The Bertz CT molecular complexity index is 600. The quantitative estimate of drug-likeness (QED) is 0.865. The van der Waals surface area contributed by atoms with Crippen molar-refractivity contribution in [2.75, 3.05) is 17.7 Å². The largest absolute Gasteiger partial charge is 0.325 e. The maximum Gasteiger partial charge on any atom is 0.321 e. The molecule has 1 aromatic rings. The Hall–Kier alpha value is -2.11. The van der Waals surface area contributed by atoms with Gasteiger partial charge in [-0.25, -0.2) is 9.18 Å². The Morgan fingerprint density at radius 1 is 1.21 bits per heavy atom. The average Bonchev–Trinajstić information content (AvgIpc) is 2.56. The van der Waals surface area contributed by atoms with Crippen molar-refractivity contribution in [1.82, 2.24) is 4.90 Å². The molecule has 3 amide bonds. The predicted octanol–water partition coefficient (Wildman–Crippen LogP) is 4.22. The van der Waals surface area contributed by atoms with Crippen molar-refractivity contribution in [3.63, 3.8) is 0 Å². The normalized spacial score (nSPS) is 16.3. The van der Waals surface area contributed by atoms with E-state index in [-0.39, 0.29) is 23.7 Å². The van der Waals surface area contributed by atoms with Gasteiger partial charge in [0.05, 0.1) is 5.69 Å². The molecule has 2 rings (SSSR count). The van der Waals surface area contributed by atoms with Crippen LogP contribution in [0, 0.1) is 11.7 Å². The van der Waals surface area contributed by atoms with Gasteiger partial charge in [0.2, 0.25) is 5.91 Å². The molecule has 1 saturated carbocycles. The molecule has 5 nitrogen and oxygen atoms in total. The number of amides is 3. The van der Waals surface area contributed by atoms with Crippen LogP contribution in [0.4, 0.5) is 20.6 Å². The number of hydrogen-bond acceptors (Lipinski definition) is 2. The summed E-state index contributed by atoms with van der Waals surface area (Å²) in [5, 5.41) is 5.18. The molecular formula is C18H26FN3O2. The van der Waals surface area contributed by atoms with Crippen molar-refractivity contribution in [3.8, 4) is 0 Å². The molecule has 0 radical (unpaired) electrons. The Balaban J connectivity index is 2.01. The van der Waals surface area contributed by atoms with Crippen molar-refractivity contribution >= 4 is 23.3 Å². The number of rotatable bonds is 4. The van der Waals surface area contributed by atoms with Crippen LogP contribution in [0.5, 0.6) is 0 Å². The van der Waals surface area contributed by atoms with Crippen LogP contribution >= 0.6 is 0 Å². The molecule has 0 heterocycles. The maximum absolute atomic E-state index is 13.7. The van der Waals surface area contributed by atoms with Crippen LogP contribution < -0.4 is 10.6 Å². The van der Waals surface area contributed by atoms with E-state index in [1.807, 2.05) is 0 Å². The molecular weight excluding hydrogens is 309 g/mol. The van der Waals surface area contributed by atoms with E-state index in [9.17, 15) is 14.0 Å². The molecule has 1 fully saturated rings. The Morgan fingerprint density at radius 3 is 2.50 bits per heavy atom. The number of urea groups is 1. The first kappa shape index (κ1) is 18.2. The monoisotopic (exact) mass is 335 g/mol. The van der Waals surface area contributed by atoms with Gasteiger partial charge in [-0.05, 0) is 43.9 Å². The minimum atomic E-state index is -0.535. The summed E-state index contributed by atoms with van der Waals surface area (Å²) in [6, 6.07) is 4.06. The van der Waals surface area contributed by atoms with Crippen LogP contribution in [0.25, 0.3) is 0 Å². The highest BCUT2D eigenvalue weighted by atomic mass is 19.1. The highest BCUT2D eigenvalue weighted by Gasteiger charge is 2.26. The lowest BCUT2D eigenvalue weighted by Gasteiger charge is -2.34. The fourth-order valence-electron chi connectivity index (χ4n) is 3.22. The summed E-state index contributed by atoms with van der Waals surface area (Å²) < 4.78 is 13.7. The van der Waals surface area contributed by atoms with Gasteiger partial charge < -0.3 is 15.5 Å². The molecule has 1 atom stereocenters. The summed E-state index contributed by atoms with van der Waals surface area (Å²) in [6.45, 7) is 3.38. The van der Waals surface area contributed by atoms with E-state index in [0.29, 0.717) is 11.6 Å². The van der Waals surface area contributed by atoms with Gasteiger partial charge in [0.15, 0.2) is 0 Å². The minimum absolute atomic E-state index is 0.0586. The number of nitrogens with one attached hydrogen (secondary N) is 2.